The second-order valence-corrected chi connectivity index (χ2v) is 3.27. The number of carboxylic acid groups (broad SMARTS) is 1. The number of thiophene rings is 1. The highest BCUT2D eigenvalue weighted by Gasteiger charge is 2.12. The summed E-state index contributed by atoms with van der Waals surface area (Å²) in [6.45, 7) is 1.99. The maximum absolute atomic E-state index is 11.1. The largest absolute Gasteiger partial charge is 0.477 e. The Balaban J connectivity index is 2.79. The van der Waals surface area contributed by atoms with E-state index in [4.69, 9.17) is 9.84 Å². The summed E-state index contributed by atoms with van der Waals surface area (Å²) < 4.78 is 4.70. The highest BCUT2D eigenvalue weighted by molar-refractivity contribution is 7.15. The number of rotatable bonds is 3. The summed E-state index contributed by atoms with van der Waals surface area (Å²) in [6.07, 6.45) is 0. The van der Waals surface area contributed by atoms with E-state index >= 15 is 0 Å². The minimum atomic E-state index is -1.03. The van der Waals surface area contributed by atoms with Crippen LogP contribution in [0.4, 0.5) is 0 Å². The van der Waals surface area contributed by atoms with Gasteiger partial charge in [-0.1, -0.05) is 0 Å². The van der Waals surface area contributed by atoms with E-state index in [1.165, 1.54) is 12.1 Å². The molecule has 0 aliphatic heterocycles. The van der Waals surface area contributed by atoms with Crippen molar-refractivity contribution in [2.75, 3.05) is 6.61 Å². The Bertz CT molecular complexity index is 329. The Morgan fingerprint density at radius 1 is 1.46 bits per heavy atom. The van der Waals surface area contributed by atoms with Crippen molar-refractivity contribution in [2.45, 2.75) is 6.92 Å². The van der Waals surface area contributed by atoms with Crippen molar-refractivity contribution >= 4 is 23.3 Å². The Morgan fingerprint density at radius 2 is 2.08 bits per heavy atom. The zero-order chi connectivity index (χ0) is 9.84. The van der Waals surface area contributed by atoms with Gasteiger partial charge in [-0.25, -0.2) is 9.59 Å². The zero-order valence-electron chi connectivity index (χ0n) is 6.94. The van der Waals surface area contributed by atoms with Crippen LogP contribution < -0.4 is 0 Å². The van der Waals surface area contributed by atoms with Gasteiger partial charge in [0, 0.05) is 0 Å². The number of carbonyl (C=O) groups excluding carboxylic acids is 1. The lowest BCUT2D eigenvalue weighted by Gasteiger charge is -1.96. The van der Waals surface area contributed by atoms with E-state index < -0.39 is 11.9 Å². The molecule has 5 heteroatoms. The van der Waals surface area contributed by atoms with Gasteiger partial charge in [-0.2, -0.15) is 0 Å². The molecule has 0 saturated carbocycles. The Labute approximate surface area is 78.8 Å². The van der Waals surface area contributed by atoms with Crippen molar-refractivity contribution in [3.05, 3.63) is 21.9 Å². The van der Waals surface area contributed by atoms with Gasteiger partial charge in [0.25, 0.3) is 0 Å². The lowest BCUT2D eigenvalue weighted by molar-refractivity contribution is 0.0531. The maximum Gasteiger partial charge on any atom is 0.348 e. The van der Waals surface area contributed by atoms with E-state index in [0.717, 1.165) is 11.3 Å². The average Bonchev–Trinajstić information content (AvgIpc) is 2.52. The van der Waals surface area contributed by atoms with Gasteiger partial charge in [-0.3, -0.25) is 0 Å². The fourth-order valence-corrected chi connectivity index (χ4v) is 1.50. The van der Waals surface area contributed by atoms with Gasteiger partial charge in [-0.15, -0.1) is 11.3 Å². The first-order valence-electron chi connectivity index (χ1n) is 3.65. The van der Waals surface area contributed by atoms with Gasteiger partial charge in [-0.05, 0) is 19.1 Å². The molecule has 0 spiro atoms. The van der Waals surface area contributed by atoms with E-state index in [-0.39, 0.29) is 4.88 Å². The Kier molecular flexibility index (Phi) is 3.02. The number of esters is 1. The third-order valence-electron chi connectivity index (χ3n) is 1.29. The van der Waals surface area contributed by atoms with Crippen LogP contribution in [0.3, 0.4) is 0 Å². The van der Waals surface area contributed by atoms with Gasteiger partial charge < -0.3 is 9.84 Å². The van der Waals surface area contributed by atoms with E-state index in [0.29, 0.717) is 11.5 Å². The third-order valence-corrected chi connectivity index (χ3v) is 2.35. The average molecular weight is 200 g/mol. The van der Waals surface area contributed by atoms with Crippen LogP contribution in [-0.4, -0.2) is 23.7 Å². The van der Waals surface area contributed by atoms with Gasteiger partial charge in [0.05, 0.1) is 6.61 Å². The monoisotopic (exact) mass is 200 g/mol. The first-order valence-corrected chi connectivity index (χ1v) is 4.47. The fraction of sp³-hybridized carbons (Fsp3) is 0.250. The highest BCUT2D eigenvalue weighted by Crippen LogP contribution is 2.17. The van der Waals surface area contributed by atoms with E-state index in [1.54, 1.807) is 6.92 Å². The van der Waals surface area contributed by atoms with Crippen LogP contribution in [-0.2, 0) is 4.74 Å². The molecule has 0 radical (unpaired) electrons. The normalized spacial score (nSPS) is 9.62. The van der Waals surface area contributed by atoms with Gasteiger partial charge >= 0.3 is 11.9 Å². The summed E-state index contributed by atoms with van der Waals surface area (Å²) >= 11 is 0.915. The Hall–Kier alpha value is -1.36. The number of hydrogen-bond donors (Lipinski definition) is 1. The van der Waals surface area contributed by atoms with Crippen LogP contribution in [0.2, 0.25) is 0 Å². The standard InChI is InChI=1S/C8H8O4S/c1-2-12-8(11)6-4-3-5(13-6)7(9)10/h3-4H,2H2,1H3,(H,9,10). The fourth-order valence-electron chi connectivity index (χ4n) is 0.765. The number of carboxylic acids is 1. The molecule has 0 atom stereocenters. The molecule has 4 nitrogen and oxygen atoms in total. The third kappa shape index (κ3) is 2.29. The molecule has 0 bridgehead atoms. The van der Waals surface area contributed by atoms with Crippen LogP contribution in [0.15, 0.2) is 12.1 Å². The molecule has 1 aromatic heterocycles. The Morgan fingerprint density at radius 3 is 2.54 bits per heavy atom. The SMILES string of the molecule is CCOC(=O)c1ccc(C(=O)O)s1. The van der Waals surface area contributed by atoms with Gasteiger partial charge in [0.15, 0.2) is 0 Å². The quantitative estimate of drug-likeness (QED) is 0.753. The summed E-state index contributed by atoms with van der Waals surface area (Å²) in [5.74, 6) is -1.50. The second-order valence-electron chi connectivity index (χ2n) is 2.19. The van der Waals surface area contributed by atoms with Crippen molar-refractivity contribution < 1.29 is 19.4 Å². The molecule has 1 aromatic rings. The maximum atomic E-state index is 11.1. The molecule has 1 rings (SSSR count). The van der Waals surface area contributed by atoms with Crippen molar-refractivity contribution in [3.8, 4) is 0 Å². The van der Waals surface area contributed by atoms with Crippen molar-refractivity contribution in [3.63, 3.8) is 0 Å². The number of ether oxygens (including phenoxy) is 1. The van der Waals surface area contributed by atoms with E-state index in [9.17, 15) is 9.59 Å². The van der Waals surface area contributed by atoms with E-state index in [1.807, 2.05) is 0 Å². The summed E-state index contributed by atoms with van der Waals surface area (Å²) in [7, 11) is 0. The second kappa shape index (κ2) is 4.04. The summed E-state index contributed by atoms with van der Waals surface area (Å²) in [6, 6.07) is 2.84. The molecule has 70 valence electrons. The zero-order valence-corrected chi connectivity index (χ0v) is 7.76. The number of aromatic carboxylic acids is 1. The van der Waals surface area contributed by atoms with Gasteiger partial charge in [0.1, 0.15) is 9.75 Å². The molecule has 0 aliphatic rings. The lowest BCUT2D eigenvalue weighted by atomic mass is 10.4. The van der Waals surface area contributed by atoms with Crippen molar-refractivity contribution in [1.82, 2.24) is 0 Å². The molecular formula is C8H8O4S. The summed E-state index contributed by atoms with van der Waals surface area (Å²) in [4.78, 5) is 22.0. The first-order chi connectivity index (χ1) is 6.15. The van der Waals surface area contributed by atoms with Crippen LogP contribution >= 0.6 is 11.3 Å². The molecule has 1 heterocycles. The molecule has 0 fully saturated rings. The summed E-state index contributed by atoms with van der Waals surface area (Å²) in [5, 5.41) is 8.57. The van der Waals surface area contributed by atoms with E-state index in [2.05, 4.69) is 0 Å². The van der Waals surface area contributed by atoms with Gasteiger partial charge in [0.2, 0.25) is 0 Å². The van der Waals surface area contributed by atoms with Crippen molar-refractivity contribution in [2.24, 2.45) is 0 Å². The molecule has 0 saturated heterocycles. The minimum Gasteiger partial charge on any atom is -0.477 e. The van der Waals surface area contributed by atoms with Crippen LogP contribution in [0, 0.1) is 0 Å². The lowest BCUT2D eigenvalue weighted by Crippen LogP contribution is -2.01. The first kappa shape index (κ1) is 9.73. The number of hydrogen-bond acceptors (Lipinski definition) is 4. The number of carbonyl (C=O) groups is 2. The molecule has 13 heavy (non-hydrogen) atoms. The molecule has 0 unspecified atom stereocenters. The molecule has 0 amide bonds. The predicted molar refractivity (Wildman–Crippen MR) is 47.2 cm³/mol. The minimum absolute atomic E-state index is 0.142. The van der Waals surface area contributed by atoms with Crippen LogP contribution in [0.1, 0.15) is 26.3 Å². The van der Waals surface area contributed by atoms with Crippen LogP contribution in [0.25, 0.3) is 0 Å². The van der Waals surface area contributed by atoms with Crippen LogP contribution in [0.5, 0.6) is 0 Å². The molecule has 1 N–H and O–H groups in total. The summed E-state index contributed by atoms with van der Waals surface area (Å²) in [5.41, 5.74) is 0. The topological polar surface area (TPSA) is 63.6 Å². The predicted octanol–water partition coefficient (Wildman–Crippen LogP) is 1.62. The smallest absolute Gasteiger partial charge is 0.348 e. The molecular weight excluding hydrogens is 192 g/mol. The molecule has 0 aliphatic carbocycles. The van der Waals surface area contributed by atoms with Crippen molar-refractivity contribution in [1.29, 1.82) is 0 Å². The highest BCUT2D eigenvalue weighted by atomic mass is 32.1. The molecule has 0 aromatic carbocycles.